The van der Waals surface area contributed by atoms with Crippen molar-refractivity contribution < 1.29 is 9.84 Å². The molecule has 0 saturated heterocycles. The van der Waals surface area contributed by atoms with Crippen LogP contribution in [0.3, 0.4) is 0 Å². The first-order valence-corrected chi connectivity index (χ1v) is 11.4. The molecule has 31 heavy (non-hydrogen) atoms. The first kappa shape index (κ1) is 20.4. The molecule has 3 aromatic rings. The average molecular weight is 415 g/mol. The van der Waals surface area contributed by atoms with E-state index in [0.717, 1.165) is 34.9 Å². The maximum atomic E-state index is 11.2. The summed E-state index contributed by atoms with van der Waals surface area (Å²) in [6.45, 7) is 13.9. The molecule has 0 aliphatic heterocycles. The van der Waals surface area contributed by atoms with E-state index in [0.29, 0.717) is 5.75 Å². The zero-order valence-electron chi connectivity index (χ0n) is 19.9. The summed E-state index contributed by atoms with van der Waals surface area (Å²) in [7, 11) is 1.69. The molecule has 3 aromatic carbocycles. The molecule has 0 atom stereocenters. The first-order valence-electron chi connectivity index (χ1n) is 11.4. The molecule has 162 valence electrons. The Balaban J connectivity index is 1.92. The molecule has 0 unspecified atom stereocenters. The summed E-state index contributed by atoms with van der Waals surface area (Å²) in [4.78, 5) is 0. The van der Waals surface area contributed by atoms with Gasteiger partial charge in [0.25, 0.3) is 0 Å². The molecule has 1 spiro atoms. The molecule has 1 N–H and O–H groups in total. The second kappa shape index (κ2) is 6.28. The summed E-state index contributed by atoms with van der Waals surface area (Å²) < 4.78 is 5.57. The summed E-state index contributed by atoms with van der Waals surface area (Å²) in [6.07, 6.45) is 3.42. The zero-order valence-corrected chi connectivity index (χ0v) is 19.9. The summed E-state index contributed by atoms with van der Waals surface area (Å²) in [5.74, 6) is 1.18. The number of phenols is 1. The van der Waals surface area contributed by atoms with Gasteiger partial charge in [0.05, 0.1) is 7.11 Å². The van der Waals surface area contributed by atoms with Crippen molar-refractivity contribution in [3.63, 3.8) is 0 Å². The van der Waals surface area contributed by atoms with Gasteiger partial charge in [-0.3, -0.25) is 0 Å². The number of fused-ring (bicyclic) bond motifs is 7. The largest absolute Gasteiger partial charge is 0.507 e. The van der Waals surface area contributed by atoms with Crippen LogP contribution in [0.15, 0.2) is 36.4 Å². The Bertz CT molecular complexity index is 1210. The van der Waals surface area contributed by atoms with Crippen LogP contribution in [-0.4, -0.2) is 12.2 Å². The first-order chi connectivity index (χ1) is 14.5. The SMILES string of the molecule is COc1cc2c(O)cc3c(c2cc1C)-c1ccc(C)cc1C31CC(C)(C)CC(C)(C)C1. The molecular formula is C29H34O2. The van der Waals surface area contributed by atoms with Crippen LogP contribution in [0.1, 0.15) is 69.2 Å². The van der Waals surface area contributed by atoms with Crippen molar-refractivity contribution in [1.29, 1.82) is 0 Å². The van der Waals surface area contributed by atoms with Crippen LogP contribution in [0.25, 0.3) is 21.9 Å². The Labute approximate surface area is 186 Å². The summed E-state index contributed by atoms with van der Waals surface area (Å²) in [5.41, 5.74) is 8.19. The fraction of sp³-hybridized carbons (Fsp3) is 0.448. The van der Waals surface area contributed by atoms with Crippen molar-refractivity contribution in [3.05, 3.63) is 58.7 Å². The molecule has 0 heterocycles. The van der Waals surface area contributed by atoms with Crippen molar-refractivity contribution >= 4 is 10.8 Å². The van der Waals surface area contributed by atoms with Gasteiger partial charge >= 0.3 is 0 Å². The van der Waals surface area contributed by atoms with Gasteiger partial charge in [-0.25, -0.2) is 0 Å². The number of hydrogen-bond donors (Lipinski definition) is 1. The lowest BCUT2D eigenvalue weighted by molar-refractivity contribution is 0.0645. The Morgan fingerprint density at radius 1 is 0.806 bits per heavy atom. The van der Waals surface area contributed by atoms with E-state index in [2.05, 4.69) is 71.9 Å². The molecule has 1 fully saturated rings. The minimum absolute atomic E-state index is 0.0680. The Hall–Kier alpha value is -2.48. The molecule has 2 aliphatic carbocycles. The highest BCUT2D eigenvalue weighted by molar-refractivity contribution is 6.06. The molecule has 0 bridgehead atoms. The molecular weight excluding hydrogens is 380 g/mol. The highest BCUT2D eigenvalue weighted by Crippen LogP contribution is 2.64. The van der Waals surface area contributed by atoms with Crippen LogP contribution in [0.2, 0.25) is 0 Å². The van der Waals surface area contributed by atoms with E-state index in [1.165, 1.54) is 34.2 Å². The van der Waals surface area contributed by atoms with Crippen LogP contribution in [-0.2, 0) is 5.41 Å². The number of methoxy groups -OCH3 is 1. The maximum Gasteiger partial charge on any atom is 0.123 e. The van der Waals surface area contributed by atoms with E-state index in [1.807, 2.05) is 6.07 Å². The van der Waals surface area contributed by atoms with Gasteiger partial charge < -0.3 is 9.84 Å². The van der Waals surface area contributed by atoms with Gasteiger partial charge in [0.2, 0.25) is 0 Å². The van der Waals surface area contributed by atoms with Gasteiger partial charge in [0, 0.05) is 10.8 Å². The topological polar surface area (TPSA) is 29.5 Å². The van der Waals surface area contributed by atoms with E-state index >= 15 is 0 Å². The van der Waals surface area contributed by atoms with E-state index in [1.54, 1.807) is 7.11 Å². The zero-order chi connectivity index (χ0) is 22.3. The smallest absolute Gasteiger partial charge is 0.123 e. The molecule has 2 heteroatoms. The number of benzene rings is 3. The second-order valence-corrected chi connectivity index (χ2v) is 11.7. The highest BCUT2D eigenvalue weighted by Gasteiger charge is 2.53. The lowest BCUT2D eigenvalue weighted by atomic mass is 9.52. The Morgan fingerprint density at radius 3 is 2.13 bits per heavy atom. The van der Waals surface area contributed by atoms with Gasteiger partial charge in [-0.2, -0.15) is 0 Å². The average Bonchev–Trinajstić information content (AvgIpc) is 2.87. The van der Waals surface area contributed by atoms with Crippen LogP contribution in [0, 0.1) is 24.7 Å². The van der Waals surface area contributed by atoms with Crippen LogP contribution < -0.4 is 4.74 Å². The fourth-order valence-corrected chi connectivity index (χ4v) is 7.34. The second-order valence-electron chi connectivity index (χ2n) is 11.7. The normalized spacial score (nSPS) is 20.0. The number of rotatable bonds is 1. The number of aromatic hydroxyl groups is 1. The molecule has 2 aliphatic rings. The minimum atomic E-state index is -0.0680. The molecule has 2 nitrogen and oxygen atoms in total. The third-order valence-corrected chi connectivity index (χ3v) is 7.62. The minimum Gasteiger partial charge on any atom is -0.507 e. The van der Waals surface area contributed by atoms with Gasteiger partial charge in [-0.05, 0) is 95.3 Å². The van der Waals surface area contributed by atoms with E-state index < -0.39 is 0 Å². The third kappa shape index (κ3) is 2.91. The van der Waals surface area contributed by atoms with Crippen molar-refractivity contribution in [2.24, 2.45) is 10.8 Å². The summed E-state index contributed by atoms with van der Waals surface area (Å²) in [6, 6.07) is 13.2. The number of hydrogen-bond acceptors (Lipinski definition) is 2. The van der Waals surface area contributed by atoms with Crippen LogP contribution >= 0.6 is 0 Å². The maximum absolute atomic E-state index is 11.2. The number of ether oxygens (including phenoxy) is 1. The predicted octanol–water partition coefficient (Wildman–Crippen LogP) is 7.67. The quantitative estimate of drug-likeness (QED) is 0.442. The van der Waals surface area contributed by atoms with Crippen molar-refractivity contribution in [3.8, 4) is 22.6 Å². The van der Waals surface area contributed by atoms with Crippen LogP contribution in [0.5, 0.6) is 11.5 Å². The van der Waals surface area contributed by atoms with Gasteiger partial charge in [-0.1, -0.05) is 51.5 Å². The van der Waals surface area contributed by atoms with Crippen molar-refractivity contribution in [2.45, 2.75) is 66.2 Å². The highest BCUT2D eigenvalue weighted by atomic mass is 16.5. The number of phenolic OH excluding ortho intramolecular Hbond substituents is 1. The molecule has 0 radical (unpaired) electrons. The molecule has 0 aromatic heterocycles. The monoisotopic (exact) mass is 414 g/mol. The Morgan fingerprint density at radius 2 is 1.48 bits per heavy atom. The van der Waals surface area contributed by atoms with Crippen molar-refractivity contribution in [2.75, 3.05) is 7.11 Å². The van der Waals surface area contributed by atoms with Gasteiger partial charge in [-0.15, -0.1) is 0 Å². The number of aryl methyl sites for hydroxylation is 2. The van der Waals surface area contributed by atoms with E-state index in [4.69, 9.17) is 4.74 Å². The molecule has 1 saturated carbocycles. The van der Waals surface area contributed by atoms with Crippen molar-refractivity contribution in [1.82, 2.24) is 0 Å². The Kier molecular flexibility index (Phi) is 4.14. The van der Waals surface area contributed by atoms with Crippen LogP contribution in [0.4, 0.5) is 0 Å². The van der Waals surface area contributed by atoms with E-state index in [9.17, 15) is 5.11 Å². The van der Waals surface area contributed by atoms with E-state index in [-0.39, 0.29) is 16.2 Å². The molecule has 5 rings (SSSR count). The molecule has 0 amide bonds. The summed E-state index contributed by atoms with van der Waals surface area (Å²) >= 11 is 0. The van der Waals surface area contributed by atoms with Gasteiger partial charge in [0.1, 0.15) is 11.5 Å². The van der Waals surface area contributed by atoms with Gasteiger partial charge in [0.15, 0.2) is 0 Å². The third-order valence-electron chi connectivity index (χ3n) is 7.62. The lowest BCUT2D eigenvalue weighted by Crippen LogP contribution is -2.43. The standard InChI is InChI=1S/C29H34O2/c1-17-8-9-19-22(10-17)29(15-27(3,4)14-28(5,6)16-29)23-13-24(30)20-12-25(31-7)18(2)11-21(20)26(19)23/h8-13,30H,14-16H2,1-7H3. The summed E-state index contributed by atoms with van der Waals surface area (Å²) in [5, 5.41) is 13.2. The fourth-order valence-electron chi connectivity index (χ4n) is 7.34. The predicted molar refractivity (Wildman–Crippen MR) is 129 cm³/mol. The lowest BCUT2D eigenvalue weighted by Gasteiger charge is -2.51.